The number of hydrogen-bond acceptors (Lipinski definition) is 4. The zero-order chi connectivity index (χ0) is 13.5. The third-order valence-corrected chi connectivity index (χ3v) is 3.79. The smallest absolute Gasteiger partial charge is 0.122 e. The van der Waals surface area contributed by atoms with Gasteiger partial charge in [0, 0.05) is 31.4 Å². The quantitative estimate of drug-likeness (QED) is 0.769. The molecule has 0 radical (unpaired) electrons. The van der Waals surface area contributed by atoms with Crippen molar-refractivity contribution in [1.82, 2.24) is 10.2 Å². The summed E-state index contributed by atoms with van der Waals surface area (Å²) in [5, 5.41) is 3.43. The number of nitrogens with one attached hydrogen (secondary N) is 1. The van der Waals surface area contributed by atoms with Crippen LogP contribution < -0.4 is 5.32 Å². The molecule has 0 aliphatic carbocycles. The Bertz CT molecular complexity index is 359. The van der Waals surface area contributed by atoms with Gasteiger partial charge in [-0.05, 0) is 38.9 Å². The normalized spacial score (nSPS) is 17.2. The van der Waals surface area contributed by atoms with Crippen molar-refractivity contribution in [3.8, 4) is 0 Å². The Morgan fingerprint density at radius 2 is 2.16 bits per heavy atom. The van der Waals surface area contributed by atoms with E-state index < -0.39 is 0 Å². The molecule has 0 aromatic carbocycles. The van der Waals surface area contributed by atoms with Gasteiger partial charge in [-0.2, -0.15) is 0 Å². The summed E-state index contributed by atoms with van der Waals surface area (Å²) in [7, 11) is 2.18. The Balaban J connectivity index is 1.85. The molecule has 1 N–H and O–H groups in total. The molecule has 108 valence electrons. The monoisotopic (exact) mass is 266 g/mol. The van der Waals surface area contributed by atoms with Crippen LogP contribution in [0.2, 0.25) is 0 Å². The first-order chi connectivity index (χ1) is 9.31. The third-order valence-electron chi connectivity index (χ3n) is 3.79. The van der Waals surface area contributed by atoms with Crippen LogP contribution in [0.4, 0.5) is 0 Å². The van der Waals surface area contributed by atoms with Crippen molar-refractivity contribution >= 4 is 0 Å². The van der Waals surface area contributed by atoms with Gasteiger partial charge < -0.3 is 14.5 Å². The summed E-state index contributed by atoms with van der Waals surface area (Å²) >= 11 is 0. The zero-order valence-corrected chi connectivity index (χ0v) is 12.2. The summed E-state index contributed by atoms with van der Waals surface area (Å²) < 4.78 is 11.1. The van der Waals surface area contributed by atoms with Crippen molar-refractivity contribution in [1.29, 1.82) is 0 Å². The van der Waals surface area contributed by atoms with Gasteiger partial charge in [0.15, 0.2) is 0 Å². The highest BCUT2D eigenvalue weighted by molar-refractivity contribution is 5.16. The van der Waals surface area contributed by atoms with Gasteiger partial charge in [0.05, 0.1) is 12.8 Å². The fourth-order valence-electron chi connectivity index (χ4n) is 2.54. The highest BCUT2D eigenvalue weighted by Crippen LogP contribution is 2.18. The number of rotatable bonds is 7. The van der Waals surface area contributed by atoms with Crippen LogP contribution in [0.3, 0.4) is 0 Å². The molecule has 1 aromatic heterocycles. The predicted molar refractivity (Wildman–Crippen MR) is 76.0 cm³/mol. The number of nitrogens with zero attached hydrogens (tertiary/aromatic N) is 1. The van der Waals surface area contributed by atoms with Crippen LogP contribution in [0, 0.1) is 0 Å². The third kappa shape index (κ3) is 4.34. The summed E-state index contributed by atoms with van der Waals surface area (Å²) in [6, 6.07) is 2.70. The van der Waals surface area contributed by atoms with Crippen molar-refractivity contribution in [2.75, 3.05) is 26.8 Å². The topological polar surface area (TPSA) is 37.6 Å². The Morgan fingerprint density at radius 1 is 1.37 bits per heavy atom. The average Bonchev–Trinajstić information content (AvgIpc) is 2.87. The largest absolute Gasteiger partial charge is 0.468 e. The van der Waals surface area contributed by atoms with Gasteiger partial charge in [-0.25, -0.2) is 0 Å². The van der Waals surface area contributed by atoms with E-state index >= 15 is 0 Å². The summed E-state index contributed by atoms with van der Waals surface area (Å²) in [5.41, 5.74) is 1.28. The highest BCUT2D eigenvalue weighted by Gasteiger charge is 2.20. The van der Waals surface area contributed by atoms with Crippen molar-refractivity contribution in [3.05, 3.63) is 23.7 Å². The molecule has 0 unspecified atom stereocenters. The first-order valence-corrected chi connectivity index (χ1v) is 7.35. The molecular weight excluding hydrogens is 240 g/mol. The summed E-state index contributed by atoms with van der Waals surface area (Å²) in [5.74, 6) is 1.09. The second-order valence-corrected chi connectivity index (χ2v) is 5.30. The van der Waals surface area contributed by atoms with Crippen LogP contribution in [0.1, 0.15) is 37.5 Å². The number of ether oxygens (including phenoxy) is 1. The van der Waals surface area contributed by atoms with Crippen LogP contribution in [-0.2, 0) is 17.8 Å². The molecule has 0 bridgehead atoms. The standard InChI is InChI=1S/C15H26N2O2/c1-3-7-16-11-13-4-10-19-15(13)12-17(2)14-5-8-18-9-6-14/h4,10,14,16H,3,5-9,11-12H2,1-2H3. The Kier molecular flexibility index (Phi) is 5.89. The van der Waals surface area contributed by atoms with Gasteiger partial charge in [-0.15, -0.1) is 0 Å². The van der Waals surface area contributed by atoms with Gasteiger partial charge in [-0.3, -0.25) is 4.90 Å². The van der Waals surface area contributed by atoms with E-state index in [0.29, 0.717) is 6.04 Å². The minimum absolute atomic E-state index is 0.621. The minimum Gasteiger partial charge on any atom is -0.468 e. The number of furan rings is 1. The lowest BCUT2D eigenvalue weighted by atomic mass is 10.1. The molecule has 2 rings (SSSR count). The van der Waals surface area contributed by atoms with Gasteiger partial charge in [0.1, 0.15) is 5.76 Å². The molecule has 0 saturated carbocycles. The van der Waals surface area contributed by atoms with E-state index in [9.17, 15) is 0 Å². The van der Waals surface area contributed by atoms with E-state index in [0.717, 1.165) is 57.9 Å². The van der Waals surface area contributed by atoms with Crippen LogP contribution >= 0.6 is 0 Å². The maximum atomic E-state index is 5.64. The fraction of sp³-hybridized carbons (Fsp3) is 0.733. The molecule has 2 heterocycles. The molecule has 0 amide bonds. The SMILES string of the molecule is CCCNCc1ccoc1CN(C)C1CCOCC1. The summed E-state index contributed by atoms with van der Waals surface area (Å²) in [4.78, 5) is 2.39. The van der Waals surface area contributed by atoms with Gasteiger partial charge >= 0.3 is 0 Å². The van der Waals surface area contributed by atoms with E-state index in [4.69, 9.17) is 9.15 Å². The van der Waals surface area contributed by atoms with Crippen LogP contribution in [0.25, 0.3) is 0 Å². The van der Waals surface area contributed by atoms with Crippen molar-refractivity contribution in [2.24, 2.45) is 0 Å². The van der Waals surface area contributed by atoms with Gasteiger partial charge in [-0.1, -0.05) is 6.92 Å². The van der Waals surface area contributed by atoms with E-state index in [1.165, 1.54) is 5.56 Å². The molecule has 4 heteroatoms. The predicted octanol–water partition coefficient (Wildman–Crippen LogP) is 2.39. The summed E-state index contributed by atoms with van der Waals surface area (Å²) in [6.07, 6.45) is 5.21. The Morgan fingerprint density at radius 3 is 2.89 bits per heavy atom. The van der Waals surface area contributed by atoms with E-state index in [2.05, 4.69) is 30.3 Å². The lowest BCUT2D eigenvalue weighted by Crippen LogP contribution is -2.36. The van der Waals surface area contributed by atoms with E-state index in [-0.39, 0.29) is 0 Å². The van der Waals surface area contributed by atoms with Crippen LogP contribution in [0.5, 0.6) is 0 Å². The first kappa shape index (κ1) is 14.6. The molecular formula is C15H26N2O2. The maximum absolute atomic E-state index is 5.64. The highest BCUT2D eigenvalue weighted by atomic mass is 16.5. The molecule has 1 aliphatic heterocycles. The van der Waals surface area contributed by atoms with E-state index in [1.807, 2.05) is 0 Å². The van der Waals surface area contributed by atoms with Gasteiger partial charge in [0.25, 0.3) is 0 Å². The molecule has 0 atom stereocenters. The molecule has 1 aromatic rings. The van der Waals surface area contributed by atoms with E-state index in [1.54, 1.807) is 6.26 Å². The number of hydrogen-bond donors (Lipinski definition) is 1. The lowest BCUT2D eigenvalue weighted by molar-refractivity contribution is 0.0386. The van der Waals surface area contributed by atoms with Gasteiger partial charge in [0.2, 0.25) is 0 Å². The molecule has 4 nitrogen and oxygen atoms in total. The summed E-state index contributed by atoms with van der Waals surface area (Å²) in [6.45, 7) is 6.81. The minimum atomic E-state index is 0.621. The zero-order valence-electron chi connectivity index (χ0n) is 12.2. The lowest BCUT2D eigenvalue weighted by Gasteiger charge is -2.30. The second-order valence-electron chi connectivity index (χ2n) is 5.30. The molecule has 0 spiro atoms. The fourth-order valence-corrected chi connectivity index (χ4v) is 2.54. The average molecular weight is 266 g/mol. The molecule has 1 aliphatic rings. The Labute approximate surface area is 116 Å². The van der Waals surface area contributed by atoms with Crippen molar-refractivity contribution in [2.45, 2.75) is 45.3 Å². The maximum Gasteiger partial charge on any atom is 0.122 e. The molecule has 1 saturated heterocycles. The van der Waals surface area contributed by atoms with Crippen molar-refractivity contribution in [3.63, 3.8) is 0 Å². The second kappa shape index (κ2) is 7.68. The first-order valence-electron chi connectivity index (χ1n) is 7.35. The molecule has 1 fully saturated rings. The molecule has 19 heavy (non-hydrogen) atoms. The van der Waals surface area contributed by atoms with Crippen LogP contribution in [0.15, 0.2) is 16.7 Å². The van der Waals surface area contributed by atoms with Crippen LogP contribution in [-0.4, -0.2) is 37.7 Å². The van der Waals surface area contributed by atoms with Crippen molar-refractivity contribution < 1.29 is 9.15 Å². The Hall–Kier alpha value is -0.840.